The maximum absolute atomic E-state index is 12.0. The van der Waals surface area contributed by atoms with Crippen molar-refractivity contribution in [1.29, 1.82) is 0 Å². The number of hydrogen-bond donors (Lipinski definition) is 1. The van der Waals surface area contributed by atoms with E-state index in [1.165, 1.54) is 18.9 Å². The quantitative estimate of drug-likeness (QED) is 0.859. The zero-order valence-corrected chi connectivity index (χ0v) is 11.9. The van der Waals surface area contributed by atoms with Crippen molar-refractivity contribution in [1.82, 2.24) is 20.3 Å². The molecule has 2 heterocycles. The molecule has 6 nitrogen and oxygen atoms in total. The zero-order valence-electron chi connectivity index (χ0n) is 11.1. The van der Waals surface area contributed by atoms with E-state index in [1.54, 1.807) is 24.5 Å². The minimum Gasteiger partial charge on any atom is -0.437 e. The number of ether oxygens (including phenoxy) is 1. The Kier molecular flexibility index (Phi) is 3.96. The highest BCUT2D eigenvalue weighted by atomic mass is 35.5. The van der Waals surface area contributed by atoms with Crippen LogP contribution in [0.4, 0.5) is 0 Å². The lowest BCUT2D eigenvalue weighted by Gasteiger charge is -2.07. The van der Waals surface area contributed by atoms with Crippen molar-refractivity contribution in [2.75, 3.05) is 6.54 Å². The molecule has 2 aromatic heterocycles. The van der Waals surface area contributed by atoms with Gasteiger partial charge in [0.05, 0.1) is 6.20 Å². The second-order valence-electron chi connectivity index (χ2n) is 4.80. The number of halogens is 1. The van der Waals surface area contributed by atoms with E-state index in [0.717, 1.165) is 0 Å². The molecular formula is C14H13ClN4O2. The van der Waals surface area contributed by atoms with E-state index >= 15 is 0 Å². The van der Waals surface area contributed by atoms with Gasteiger partial charge in [0.15, 0.2) is 0 Å². The van der Waals surface area contributed by atoms with Gasteiger partial charge in [-0.05, 0) is 42.5 Å². The third-order valence-corrected chi connectivity index (χ3v) is 3.18. The highest BCUT2D eigenvalue weighted by Gasteiger charge is 2.22. The maximum atomic E-state index is 12.0. The molecule has 0 atom stereocenters. The second kappa shape index (κ2) is 6.05. The summed E-state index contributed by atoms with van der Waals surface area (Å²) < 4.78 is 5.51. The lowest BCUT2D eigenvalue weighted by Crippen LogP contribution is -2.26. The predicted molar refractivity (Wildman–Crippen MR) is 76.4 cm³/mol. The molecule has 0 spiro atoms. The van der Waals surface area contributed by atoms with Gasteiger partial charge in [0.25, 0.3) is 5.91 Å². The normalized spacial score (nSPS) is 13.8. The number of carbonyl (C=O) groups excluding carboxylic acids is 1. The average molecular weight is 305 g/mol. The van der Waals surface area contributed by atoms with Crippen molar-refractivity contribution < 1.29 is 9.53 Å². The molecule has 1 aliphatic rings. The lowest BCUT2D eigenvalue weighted by molar-refractivity contribution is 0.0946. The zero-order chi connectivity index (χ0) is 14.7. The molecule has 1 amide bonds. The highest BCUT2D eigenvalue weighted by Crippen LogP contribution is 2.27. The summed E-state index contributed by atoms with van der Waals surface area (Å²) in [6.45, 7) is 0.666. The van der Waals surface area contributed by atoms with E-state index in [0.29, 0.717) is 18.2 Å². The molecule has 0 bridgehead atoms. The van der Waals surface area contributed by atoms with Gasteiger partial charge in [-0.3, -0.25) is 9.78 Å². The molecule has 21 heavy (non-hydrogen) atoms. The average Bonchev–Trinajstić information content (AvgIpc) is 3.29. The number of nitrogens with zero attached hydrogens (tertiary/aromatic N) is 3. The SMILES string of the molecule is O=C(NCC1CC1)c1cc(Oc2cccnc2)nc(Cl)n1. The summed E-state index contributed by atoms with van der Waals surface area (Å²) in [5, 5.41) is 2.79. The Morgan fingerprint density at radius 3 is 3.00 bits per heavy atom. The Bertz CT molecular complexity index is 647. The van der Waals surface area contributed by atoms with Crippen LogP contribution in [0.15, 0.2) is 30.6 Å². The van der Waals surface area contributed by atoms with Gasteiger partial charge < -0.3 is 10.1 Å². The molecule has 1 N–H and O–H groups in total. The van der Waals surface area contributed by atoms with Crippen LogP contribution in [-0.2, 0) is 0 Å². The maximum Gasteiger partial charge on any atom is 0.270 e. The lowest BCUT2D eigenvalue weighted by atomic mass is 10.3. The fourth-order valence-electron chi connectivity index (χ4n) is 1.74. The summed E-state index contributed by atoms with van der Waals surface area (Å²) in [4.78, 5) is 23.8. The molecule has 1 saturated carbocycles. The van der Waals surface area contributed by atoms with Crippen LogP contribution >= 0.6 is 11.6 Å². The second-order valence-corrected chi connectivity index (χ2v) is 5.14. The molecule has 0 aliphatic heterocycles. The summed E-state index contributed by atoms with van der Waals surface area (Å²) in [5.41, 5.74) is 0.189. The molecule has 2 aromatic rings. The number of hydrogen-bond acceptors (Lipinski definition) is 5. The third kappa shape index (κ3) is 3.88. The van der Waals surface area contributed by atoms with Gasteiger partial charge in [-0.2, -0.15) is 4.98 Å². The van der Waals surface area contributed by atoms with E-state index in [-0.39, 0.29) is 22.8 Å². The van der Waals surface area contributed by atoms with Crippen molar-refractivity contribution in [3.05, 3.63) is 41.6 Å². The highest BCUT2D eigenvalue weighted by molar-refractivity contribution is 6.28. The molecule has 7 heteroatoms. The first-order valence-corrected chi connectivity index (χ1v) is 6.99. The summed E-state index contributed by atoms with van der Waals surface area (Å²) >= 11 is 5.84. The van der Waals surface area contributed by atoms with Gasteiger partial charge in [0, 0.05) is 18.8 Å². The van der Waals surface area contributed by atoms with Gasteiger partial charge in [0.1, 0.15) is 11.4 Å². The number of aromatic nitrogens is 3. The summed E-state index contributed by atoms with van der Waals surface area (Å²) in [7, 11) is 0. The number of rotatable bonds is 5. The number of amides is 1. The molecular weight excluding hydrogens is 292 g/mol. The van der Waals surface area contributed by atoms with Crippen LogP contribution in [0.3, 0.4) is 0 Å². The van der Waals surface area contributed by atoms with Crippen molar-refractivity contribution in [2.24, 2.45) is 5.92 Å². The van der Waals surface area contributed by atoms with Crippen LogP contribution in [0.5, 0.6) is 11.6 Å². The van der Waals surface area contributed by atoms with E-state index in [2.05, 4.69) is 20.3 Å². The summed E-state index contributed by atoms with van der Waals surface area (Å²) in [6.07, 6.45) is 5.51. The van der Waals surface area contributed by atoms with Crippen molar-refractivity contribution >= 4 is 17.5 Å². The molecule has 0 unspecified atom stereocenters. The van der Waals surface area contributed by atoms with Crippen LogP contribution in [0.25, 0.3) is 0 Å². The van der Waals surface area contributed by atoms with E-state index in [4.69, 9.17) is 16.3 Å². The number of carbonyl (C=O) groups is 1. The predicted octanol–water partition coefficient (Wildman–Crippen LogP) is 2.46. The minimum atomic E-state index is -0.276. The van der Waals surface area contributed by atoms with Crippen molar-refractivity contribution in [3.8, 4) is 11.6 Å². The largest absolute Gasteiger partial charge is 0.437 e. The van der Waals surface area contributed by atoms with Crippen LogP contribution in [0.2, 0.25) is 5.28 Å². The van der Waals surface area contributed by atoms with Crippen LogP contribution in [-0.4, -0.2) is 27.4 Å². The topological polar surface area (TPSA) is 77.0 Å². The Labute approximate surface area is 126 Å². The van der Waals surface area contributed by atoms with Crippen molar-refractivity contribution in [2.45, 2.75) is 12.8 Å². The Balaban J connectivity index is 1.73. The molecule has 0 aromatic carbocycles. The fraction of sp³-hybridized carbons (Fsp3) is 0.286. The first kappa shape index (κ1) is 13.8. The molecule has 0 radical (unpaired) electrons. The first-order chi connectivity index (χ1) is 10.2. The van der Waals surface area contributed by atoms with Gasteiger partial charge in [-0.1, -0.05) is 0 Å². The molecule has 1 aliphatic carbocycles. The van der Waals surface area contributed by atoms with Crippen LogP contribution in [0, 0.1) is 5.92 Å². The first-order valence-electron chi connectivity index (χ1n) is 6.61. The monoisotopic (exact) mass is 304 g/mol. The van der Waals surface area contributed by atoms with Gasteiger partial charge >= 0.3 is 0 Å². The third-order valence-electron chi connectivity index (χ3n) is 3.01. The number of nitrogens with one attached hydrogen (secondary N) is 1. The summed E-state index contributed by atoms with van der Waals surface area (Å²) in [6, 6.07) is 4.93. The van der Waals surface area contributed by atoms with E-state index in [9.17, 15) is 4.79 Å². The van der Waals surface area contributed by atoms with Gasteiger partial charge in [-0.15, -0.1) is 0 Å². The van der Waals surface area contributed by atoms with Crippen molar-refractivity contribution in [3.63, 3.8) is 0 Å². The summed E-state index contributed by atoms with van der Waals surface area (Å²) in [5.74, 6) is 1.04. The fourth-order valence-corrected chi connectivity index (χ4v) is 1.92. The van der Waals surface area contributed by atoms with Crippen LogP contribution < -0.4 is 10.1 Å². The standard InChI is InChI=1S/C14H13ClN4O2/c15-14-18-11(13(20)17-7-9-3-4-9)6-12(19-14)21-10-2-1-5-16-8-10/h1-2,5-6,8-9H,3-4,7H2,(H,17,20). The molecule has 3 rings (SSSR count). The van der Waals surface area contributed by atoms with E-state index < -0.39 is 0 Å². The van der Waals surface area contributed by atoms with Gasteiger partial charge in [0.2, 0.25) is 11.2 Å². The minimum absolute atomic E-state index is 0.0343. The molecule has 0 saturated heterocycles. The Hall–Kier alpha value is -2.21. The van der Waals surface area contributed by atoms with Gasteiger partial charge in [-0.25, -0.2) is 4.98 Å². The van der Waals surface area contributed by atoms with Crippen LogP contribution in [0.1, 0.15) is 23.3 Å². The Morgan fingerprint density at radius 2 is 2.29 bits per heavy atom. The smallest absolute Gasteiger partial charge is 0.270 e. The molecule has 1 fully saturated rings. The Morgan fingerprint density at radius 1 is 1.43 bits per heavy atom. The van der Waals surface area contributed by atoms with E-state index in [1.807, 2.05) is 0 Å². The molecule has 108 valence electrons. The number of pyridine rings is 1.